The molecule has 0 aliphatic rings. The molecule has 1 N–H and O–H groups in total. The van der Waals surface area contributed by atoms with Crippen LogP contribution in [0.4, 0.5) is 4.39 Å². The first kappa shape index (κ1) is 21.7. The molecule has 0 heterocycles. The van der Waals surface area contributed by atoms with E-state index in [4.69, 9.17) is 14.2 Å². The first-order valence-corrected chi connectivity index (χ1v) is 9.50. The van der Waals surface area contributed by atoms with Crippen molar-refractivity contribution in [3.05, 3.63) is 59.4 Å². The quantitative estimate of drug-likeness (QED) is 0.371. The van der Waals surface area contributed by atoms with E-state index >= 15 is 0 Å². The van der Waals surface area contributed by atoms with Crippen LogP contribution in [0.5, 0.6) is 5.75 Å². The number of ether oxygens (including phenoxy) is 3. The molecule has 0 spiro atoms. The van der Waals surface area contributed by atoms with Crippen molar-refractivity contribution in [2.24, 2.45) is 0 Å². The summed E-state index contributed by atoms with van der Waals surface area (Å²) in [5, 5.41) is 2.72. The summed E-state index contributed by atoms with van der Waals surface area (Å²) in [7, 11) is 2.94. The van der Waals surface area contributed by atoms with E-state index in [1.807, 2.05) is 0 Å². The Morgan fingerprint density at radius 1 is 1.14 bits per heavy atom. The monoisotopic (exact) mass is 407 g/mol. The number of halogens is 1. The van der Waals surface area contributed by atoms with E-state index in [2.05, 4.69) is 5.32 Å². The van der Waals surface area contributed by atoms with Gasteiger partial charge in [-0.2, -0.15) is 0 Å². The van der Waals surface area contributed by atoms with Gasteiger partial charge < -0.3 is 19.5 Å². The number of esters is 1. The van der Waals surface area contributed by atoms with E-state index in [-0.39, 0.29) is 24.0 Å². The molecule has 150 valence electrons. The Kier molecular flexibility index (Phi) is 8.77. The Morgan fingerprint density at radius 2 is 1.93 bits per heavy atom. The highest BCUT2D eigenvalue weighted by atomic mass is 32.2. The van der Waals surface area contributed by atoms with E-state index in [0.29, 0.717) is 29.2 Å². The molecule has 0 aromatic heterocycles. The molecule has 0 radical (unpaired) electrons. The third-order valence-corrected chi connectivity index (χ3v) is 4.75. The average Bonchev–Trinajstić information content (AvgIpc) is 2.71. The van der Waals surface area contributed by atoms with E-state index < -0.39 is 11.8 Å². The normalized spacial score (nSPS) is 10.4. The van der Waals surface area contributed by atoms with E-state index in [1.165, 1.54) is 31.0 Å². The molecule has 2 aromatic carbocycles. The van der Waals surface area contributed by atoms with Crippen LogP contribution in [0.2, 0.25) is 0 Å². The summed E-state index contributed by atoms with van der Waals surface area (Å²) >= 11 is 1.24. The molecule has 0 aliphatic heterocycles. The number of methoxy groups -OCH3 is 2. The molecule has 0 atom stereocenters. The van der Waals surface area contributed by atoms with Gasteiger partial charge in [-0.15, -0.1) is 11.8 Å². The topological polar surface area (TPSA) is 73.9 Å². The zero-order chi connectivity index (χ0) is 20.4. The minimum atomic E-state index is -0.542. The van der Waals surface area contributed by atoms with Crippen LogP contribution in [0.25, 0.3) is 0 Å². The third-order valence-electron chi connectivity index (χ3n) is 3.68. The van der Waals surface area contributed by atoms with Crippen LogP contribution < -0.4 is 10.1 Å². The molecule has 28 heavy (non-hydrogen) atoms. The lowest BCUT2D eigenvalue weighted by molar-refractivity contribution is -0.118. The lowest BCUT2D eigenvalue weighted by Crippen LogP contribution is -2.28. The minimum absolute atomic E-state index is 0.0732. The predicted molar refractivity (Wildman–Crippen MR) is 104 cm³/mol. The summed E-state index contributed by atoms with van der Waals surface area (Å²) in [5.41, 5.74) is 0.862. The van der Waals surface area contributed by atoms with Gasteiger partial charge in [0.25, 0.3) is 0 Å². The maximum atomic E-state index is 13.7. The van der Waals surface area contributed by atoms with Gasteiger partial charge in [-0.3, -0.25) is 4.79 Å². The summed E-state index contributed by atoms with van der Waals surface area (Å²) in [5.74, 6) is -0.928. The summed E-state index contributed by atoms with van der Waals surface area (Å²) in [4.78, 5) is 24.9. The van der Waals surface area contributed by atoms with Crippen molar-refractivity contribution in [2.75, 3.05) is 33.1 Å². The van der Waals surface area contributed by atoms with Crippen LogP contribution in [0.3, 0.4) is 0 Å². The van der Waals surface area contributed by atoms with Gasteiger partial charge in [-0.1, -0.05) is 18.2 Å². The van der Waals surface area contributed by atoms with Crippen LogP contribution in [0, 0.1) is 5.82 Å². The van der Waals surface area contributed by atoms with Crippen LogP contribution in [0.15, 0.2) is 47.4 Å². The maximum Gasteiger partial charge on any atom is 0.339 e. The van der Waals surface area contributed by atoms with Crippen molar-refractivity contribution in [2.45, 2.75) is 11.5 Å². The highest BCUT2D eigenvalue weighted by Gasteiger charge is 2.15. The zero-order valence-corrected chi connectivity index (χ0v) is 16.5. The first-order valence-electron chi connectivity index (χ1n) is 8.52. The summed E-state index contributed by atoms with van der Waals surface area (Å²) in [6, 6.07) is 11.2. The SMILES string of the molecule is COCCNC(=O)CSc1ccccc1C(=O)OCc1ccc(OC)c(F)c1. The van der Waals surface area contributed by atoms with Crippen LogP contribution in [-0.4, -0.2) is 45.0 Å². The second-order valence-corrected chi connectivity index (χ2v) is 6.69. The van der Waals surface area contributed by atoms with Gasteiger partial charge in [-0.25, -0.2) is 9.18 Å². The molecule has 0 unspecified atom stereocenters. The van der Waals surface area contributed by atoms with Gasteiger partial charge in [0, 0.05) is 18.6 Å². The van der Waals surface area contributed by atoms with Gasteiger partial charge in [0.1, 0.15) is 6.61 Å². The van der Waals surface area contributed by atoms with Gasteiger partial charge in [-0.05, 0) is 29.8 Å². The lowest BCUT2D eigenvalue weighted by Gasteiger charge is -2.10. The van der Waals surface area contributed by atoms with Crippen molar-refractivity contribution in [3.63, 3.8) is 0 Å². The molecule has 0 aliphatic carbocycles. The molecular weight excluding hydrogens is 385 g/mol. The molecule has 0 bridgehead atoms. The number of rotatable bonds is 10. The number of amides is 1. The van der Waals surface area contributed by atoms with Crippen molar-refractivity contribution < 1.29 is 28.2 Å². The van der Waals surface area contributed by atoms with Gasteiger partial charge in [0.05, 0.1) is 25.0 Å². The Hall–Kier alpha value is -2.58. The van der Waals surface area contributed by atoms with Crippen molar-refractivity contribution in [1.29, 1.82) is 0 Å². The molecule has 0 fully saturated rings. The van der Waals surface area contributed by atoms with Crippen molar-refractivity contribution >= 4 is 23.6 Å². The minimum Gasteiger partial charge on any atom is -0.494 e. The number of hydrogen-bond donors (Lipinski definition) is 1. The number of hydrogen-bond acceptors (Lipinski definition) is 6. The Labute approximate surface area is 167 Å². The summed E-state index contributed by atoms with van der Waals surface area (Å²) < 4.78 is 28.8. The summed E-state index contributed by atoms with van der Waals surface area (Å²) in [6.07, 6.45) is 0. The predicted octanol–water partition coefficient (Wildman–Crippen LogP) is 3.05. The van der Waals surface area contributed by atoms with Crippen molar-refractivity contribution in [3.8, 4) is 5.75 Å². The maximum absolute atomic E-state index is 13.7. The number of benzene rings is 2. The highest BCUT2D eigenvalue weighted by molar-refractivity contribution is 8.00. The first-order chi connectivity index (χ1) is 13.5. The standard InChI is InChI=1S/C20H22FNO5S/c1-25-10-9-22-19(23)13-28-18-6-4-3-5-15(18)20(24)27-12-14-7-8-17(26-2)16(21)11-14/h3-8,11H,9-10,12-13H2,1-2H3,(H,22,23). The fourth-order valence-corrected chi connectivity index (χ4v) is 3.14. The molecular formula is C20H22FNO5S. The van der Waals surface area contributed by atoms with E-state index in [1.54, 1.807) is 37.4 Å². The number of carbonyl (C=O) groups is 2. The molecule has 0 saturated heterocycles. The summed E-state index contributed by atoms with van der Waals surface area (Å²) in [6.45, 7) is 0.791. The Bertz CT molecular complexity index is 815. The molecule has 6 nitrogen and oxygen atoms in total. The largest absolute Gasteiger partial charge is 0.494 e. The highest BCUT2D eigenvalue weighted by Crippen LogP contribution is 2.24. The smallest absolute Gasteiger partial charge is 0.339 e. The molecule has 0 saturated carbocycles. The fraction of sp³-hybridized carbons (Fsp3) is 0.300. The average molecular weight is 407 g/mol. The van der Waals surface area contributed by atoms with Crippen LogP contribution >= 0.6 is 11.8 Å². The van der Waals surface area contributed by atoms with Gasteiger partial charge in [0.15, 0.2) is 11.6 Å². The zero-order valence-electron chi connectivity index (χ0n) is 15.7. The molecule has 1 amide bonds. The van der Waals surface area contributed by atoms with Crippen molar-refractivity contribution in [1.82, 2.24) is 5.32 Å². The van der Waals surface area contributed by atoms with Crippen LogP contribution in [-0.2, 0) is 20.9 Å². The molecule has 2 rings (SSSR count). The van der Waals surface area contributed by atoms with Gasteiger partial charge in [0.2, 0.25) is 5.91 Å². The third kappa shape index (κ3) is 6.54. The second kappa shape index (κ2) is 11.3. The molecule has 8 heteroatoms. The number of carbonyl (C=O) groups excluding carboxylic acids is 2. The Morgan fingerprint density at radius 3 is 2.64 bits per heavy atom. The number of thioether (sulfide) groups is 1. The van der Waals surface area contributed by atoms with E-state index in [9.17, 15) is 14.0 Å². The van der Waals surface area contributed by atoms with Crippen LogP contribution in [0.1, 0.15) is 15.9 Å². The fourth-order valence-electron chi connectivity index (χ4n) is 2.27. The number of nitrogens with one attached hydrogen (secondary N) is 1. The molecule has 2 aromatic rings. The lowest BCUT2D eigenvalue weighted by atomic mass is 10.2. The van der Waals surface area contributed by atoms with E-state index in [0.717, 1.165) is 0 Å². The van der Waals surface area contributed by atoms with Gasteiger partial charge >= 0.3 is 5.97 Å². The second-order valence-electron chi connectivity index (χ2n) is 5.67. The Balaban J connectivity index is 1.94.